The van der Waals surface area contributed by atoms with Gasteiger partial charge in [0, 0.05) is 17.8 Å². The molecule has 0 spiro atoms. The lowest BCUT2D eigenvalue weighted by atomic mass is 10.0. The van der Waals surface area contributed by atoms with Crippen LogP contribution >= 0.6 is 0 Å². The number of hydrogen-bond acceptors (Lipinski definition) is 2. The van der Waals surface area contributed by atoms with Gasteiger partial charge in [-0.2, -0.15) is 13.2 Å². The molecule has 1 atom stereocenters. The number of alkyl halides is 3. The van der Waals surface area contributed by atoms with Crippen LogP contribution in [-0.4, -0.2) is 14.7 Å². The highest BCUT2D eigenvalue weighted by Crippen LogP contribution is 2.30. The molecular weight excluding hydrogens is 376 g/mol. The Labute approximate surface area is 148 Å². The van der Waals surface area contributed by atoms with E-state index < -0.39 is 34.7 Å². The maximum Gasteiger partial charge on any atom is 0.416 e. The second-order valence-corrected chi connectivity index (χ2v) is 5.98. The first-order valence-corrected chi connectivity index (χ1v) is 8.39. The molecule has 2 aromatic carbocycles. The molecule has 1 unspecified atom stereocenters. The smallest absolute Gasteiger partial charge is 0.326 e. The number of rotatable bonds is 6. The average molecular weight is 390 g/mol. The summed E-state index contributed by atoms with van der Waals surface area (Å²) in [6.07, 6.45) is -4.98. The first-order valence-electron chi connectivity index (χ1n) is 7.28. The van der Waals surface area contributed by atoms with Gasteiger partial charge in [-0.15, -0.1) is 0 Å². The second kappa shape index (κ2) is 8.28. The van der Waals surface area contributed by atoms with Crippen LogP contribution in [0.4, 0.5) is 28.9 Å². The molecule has 2 aromatic rings. The quantitative estimate of drug-likeness (QED) is 0.516. The first kappa shape index (κ1) is 19.9. The van der Waals surface area contributed by atoms with E-state index in [1.165, 1.54) is 24.3 Å². The molecule has 0 fully saturated rings. The van der Waals surface area contributed by atoms with Gasteiger partial charge in [0.1, 0.15) is 5.82 Å². The fourth-order valence-electron chi connectivity index (χ4n) is 2.14. The molecule has 140 valence electrons. The van der Waals surface area contributed by atoms with Crippen LogP contribution in [0.3, 0.4) is 0 Å². The summed E-state index contributed by atoms with van der Waals surface area (Å²) in [7, 11) is 0. The van der Waals surface area contributed by atoms with Crippen LogP contribution in [0, 0.1) is 5.82 Å². The van der Waals surface area contributed by atoms with Gasteiger partial charge in [-0.3, -0.25) is 14.1 Å². The molecule has 3 N–H and O–H groups in total. The van der Waals surface area contributed by atoms with Crippen LogP contribution in [0.2, 0.25) is 0 Å². The highest BCUT2D eigenvalue weighted by molar-refractivity contribution is 7.80. The van der Waals surface area contributed by atoms with E-state index in [1.54, 1.807) is 0 Å². The molecule has 5 nitrogen and oxygen atoms in total. The largest absolute Gasteiger partial charge is 0.416 e. The van der Waals surface area contributed by atoms with Crippen LogP contribution in [0.15, 0.2) is 42.5 Å². The summed E-state index contributed by atoms with van der Waals surface area (Å²) < 4.78 is 73.1. The second-order valence-electron chi connectivity index (χ2n) is 5.28. The normalized spacial score (nSPS) is 12.5. The minimum atomic E-state index is -4.58. The number of anilines is 2. The zero-order chi connectivity index (χ0) is 19.3. The van der Waals surface area contributed by atoms with Gasteiger partial charge < -0.3 is 5.32 Å². The lowest BCUT2D eigenvalue weighted by Gasteiger charge is -2.10. The van der Waals surface area contributed by atoms with Crippen molar-refractivity contribution in [1.29, 1.82) is 0 Å². The van der Waals surface area contributed by atoms with Crippen LogP contribution in [0.1, 0.15) is 17.5 Å². The monoisotopic (exact) mass is 390 g/mol. The number of benzene rings is 2. The molecule has 0 heterocycles. The Hall–Kier alpha value is -2.46. The van der Waals surface area contributed by atoms with Crippen molar-refractivity contribution in [2.24, 2.45) is 0 Å². The van der Waals surface area contributed by atoms with Crippen LogP contribution in [0.5, 0.6) is 0 Å². The maximum absolute atomic E-state index is 13.6. The zero-order valence-electron chi connectivity index (χ0n) is 13.1. The molecule has 26 heavy (non-hydrogen) atoms. The summed E-state index contributed by atoms with van der Waals surface area (Å²) in [6, 6.07) is 7.92. The fraction of sp³-hybridized carbons (Fsp3) is 0.188. The van der Waals surface area contributed by atoms with Crippen molar-refractivity contribution in [3.05, 3.63) is 59.4 Å². The highest BCUT2D eigenvalue weighted by Gasteiger charge is 2.31. The Balaban J connectivity index is 1.95. The fourth-order valence-corrected chi connectivity index (χ4v) is 2.47. The predicted molar refractivity (Wildman–Crippen MR) is 89.2 cm³/mol. The number of amides is 1. The summed E-state index contributed by atoms with van der Waals surface area (Å²) in [5.74, 6) is -1.31. The lowest BCUT2D eigenvalue weighted by Crippen LogP contribution is -2.13. The van der Waals surface area contributed by atoms with E-state index in [0.717, 1.165) is 6.07 Å². The molecular formula is C16H14F4N2O3S. The van der Waals surface area contributed by atoms with Crippen molar-refractivity contribution in [3.63, 3.8) is 0 Å². The van der Waals surface area contributed by atoms with E-state index in [1.807, 2.05) is 0 Å². The van der Waals surface area contributed by atoms with Gasteiger partial charge in [0.25, 0.3) is 11.3 Å². The molecule has 0 aliphatic rings. The molecule has 1 amide bonds. The molecule has 2 rings (SSSR count). The molecule has 0 aliphatic heterocycles. The molecule has 0 bridgehead atoms. The van der Waals surface area contributed by atoms with Crippen molar-refractivity contribution < 1.29 is 31.1 Å². The van der Waals surface area contributed by atoms with Crippen molar-refractivity contribution in [2.75, 3.05) is 10.0 Å². The van der Waals surface area contributed by atoms with Gasteiger partial charge in [0.2, 0.25) is 5.91 Å². The van der Waals surface area contributed by atoms with E-state index in [0.29, 0.717) is 23.5 Å². The number of nitrogens with one attached hydrogen (secondary N) is 2. The Morgan fingerprint density at radius 1 is 1.08 bits per heavy atom. The van der Waals surface area contributed by atoms with Gasteiger partial charge in [-0.1, -0.05) is 0 Å². The van der Waals surface area contributed by atoms with Crippen molar-refractivity contribution >= 4 is 28.5 Å². The predicted octanol–water partition coefficient (Wildman–Crippen LogP) is 3.96. The summed E-state index contributed by atoms with van der Waals surface area (Å²) in [5.41, 5.74) is -0.428. The average Bonchev–Trinajstić information content (AvgIpc) is 2.54. The van der Waals surface area contributed by atoms with E-state index >= 15 is 0 Å². The highest BCUT2D eigenvalue weighted by atomic mass is 32.2. The van der Waals surface area contributed by atoms with E-state index in [-0.39, 0.29) is 18.4 Å². The minimum Gasteiger partial charge on any atom is -0.326 e. The van der Waals surface area contributed by atoms with E-state index in [9.17, 15) is 26.6 Å². The lowest BCUT2D eigenvalue weighted by molar-refractivity contribution is -0.137. The van der Waals surface area contributed by atoms with Crippen LogP contribution < -0.4 is 10.0 Å². The van der Waals surface area contributed by atoms with Gasteiger partial charge in [-0.05, 0) is 54.4 Å². The van der Waals surface area contributed by atoms with Crippen LogP contribution in [0.25, 0.3) is 0 Å². The summed E-state index contributed by atoms with van der Waals surface area (Å²) in [6.45, 7) is 0. The molecule has 0 saturated carbocycles. The third-order valence-electron chi connectivity index (χ3n) is 3.37. The van der Waals surface area contributed by atoms with E-state index in [4.69, 9.17) is 4.55 Å². The number of carbonyl (C=O) groups excluding carboxylic acids is 1. The number of hydrogen-bond donors (Lipinski definition) is 3. The zero-order valence-corrected chi connectivity index (χ0v) is 14.0. The third-order valence-corrected chi connectivity index (χ3v) is 3.78. The van der Waals surface area contributed by atoms with Crippen LogP contribution in [-0.2, 0) is 28.7 Å². The van der Waals surface area contributed by atoms with Crippen molar-refractivity contribution in [1.82, 2.24) is 0 Å². The summed E-state index contributed by atoms with van der Waals surface area (Å²) >= 11 is -2.22. The number of halogens is 4. The Bertz CT molecular complexity index is 810. The van der Waals surface area contributed by atoms with Gasteiger partial charge in [0.15, 0.2) is 0 Å². The Morgan fingerprint density at radius 3 is 2.27 bits per heavy atom. The number of carbonyl (C=O) groups is 1. The SMILES string of the molecule is O=C(CCc1cc(C(F)(F)F)ccc1F)Nc1ccc(NS(=O)O)cc1. The summed E-state index contributed by atoms with van der Waals surface area (Å²) in [4.78, 5) is 11.9. The van der Waals surface area contributed by atoms with Gasteiger partial charge in [0.05, 0.1) is 5.56 Å². The maximum atomic E-state index is 13.6. The molecule has 0 aliphatic carbocycles. The molecule has 0 aromatic heterocycles. The standard InChI is InChI=1S/C16H14F4N2O3S/c17-14-7-2-11(16(18,19)20)9-10(14)1-8-15(23)21-12-3-5-13(6-4-12)22-26(24)25/h2-7,9,22H,1,8H2,(H,21,23)(H,24,25). The third kappa shape index (κ3) is 5.81. The summed E-state index contributed by atoms with van der Waals surface area (Å²) in [5, 5.41) is 2.51. The first-order chi connectivity index (χ1) is 12.1. The Morgan fingerprint density at radius 2 is 1.69 bits per heavy atom. The molecule has 0 saturated heterocycles. The minimum absolute atomic E-state index is 0.190. The van der Waals surface area contributed by atoms with Crippen molar-refractivity contribution in [2.45, 2.75) is 19.0 Å². The van der Waals surface area contributed by atoms with E-state index in [2.05, 4.69) is 10.0 Å². The molecule has 0 radical (unpaired) electrons. The number of aryl methyl sites for hydroxylation is 1. The molecule has 10 heteroatoms. The topological polar surface area (TPSA) is 78.4 Å². The van der Waals surface area contributed by atoms with Gasteiger partial charge in [-0.25, -0.2) is 8.60 Å². The van der Waals surface area contributed by atoms with Gasteiger partial charge >= 0.3 is 6.18 Å². The van der Waals surface area contributed by atoms with Crippen molar-refractivity contribution in [3.8, 4) is 0 Å². The Kier molecular flexibility index (Phi) is 6.32.